The third-order valence-electron chi connectivity index (χ3n) is 2.27. The Hall–Kier alpha value is -0.650. The van der Waals surface area contributed by atoms with Gasteiger partial charge in [0, 0.05) is 36.3 Å². The van der Waals surface area contributed by atoms with E-state index < -0.39 is 0 Å². The zero-order valence-corrected chi connectivity index (χ0v) is 11.5. The summed E-state index contributed by atoms with van der Waals surface area (Å²) in [6.45, 7) is 4.80. The molecule has 0 amide bonds. The van der Waals surface area contributed by atoms with Gasteiger partial charge in [-0.25, -0.2) is 0 Å². The maximum Gasteiger partial charge on any atom is 0.0701 e. The van der Waals surface area contributed by atoms with Crippen LogP contribution in [0.5, 0.6) is 0 Å². The number of hydrogen-bond acceptors (Lipinski definition) is 3. The van der Waals surface area contributed by atoms with Crippen molar-refractivity contribution in [2.75, 3.05) is 0 Å². The van der Waals surface area contributed by atoms with Crippen LogP contribution >= 0.6 is 27.3 Å². The molecule has 86 valence electrons. The maximum absolute atomic E-state index is 4.24. The molecule has 0 atom stereocenters. The first-order valence-electron chi connectivity index (χ1n) is 5.24. The molecule has 2 heterocycles. The molecule has 2 rings (SSSR count). The summed E-state index contributed by atoms with van der Waals surface area (Å²) in [4.78, 5) is 1.34. The topological polar surface area (TPSA) is 29.9 Å². The van der Waals surface area contributed by atoms with Gasteiger partial charge in [-0.2, -0.15) is 5.10 Å². The fourth-order valence-corrected chi connectivity index (χ4v) is 2.90. The predicted octanol–water partition coefficient (Wildman–Crippen LogP) is 3.02. The minimum atomic E-state index is 0.871. The number of thiophene rings is 1. The molecule has 3 nitrogen and oxygen atoms in total. The Labute approximate surface area is 108 Å². The Balaban J connectivity index is 1.79. The monoisotopic (exact) mass is 299 g/mol. The first-order valence-corrected chi connectivity index (χ1v) is 6.85. The van der Waals surface area contributed by atoms with E-state index in [4.69, 9.17) is 0 Å². The van der Waals surface area contributed by atoms with Gasteiger partial charge in [0.25, 0.3) is 0 Å². The van der Waals surface area contributed by atoms with E-state index in [1.165, 1.54) is 14.2 Å². The summed E-state index contributed by atoms with van der Waals surface area (Å²) >= 11 is 5.22. The quantitative estimate of drug-likeness (QED) is 0.920. The standard InChI is InChI=1S/C11H14BrN3S/c1-2-15-8-9(6-14-15)5-13-7-10-3-4-11(12)16-10/h3-4,6,8,13H,2,5,7H2,1H3. The average molecular weight is 300 g/mol. The van der Waals surface area contributed by atoms with Gasteiger partial charge in [-0.3, -0.25) is 4.68 Å². The van der Waals surface area contributed by atoms with Crippen LogP contribution in [0.25, 0.3) is 0 Å². The average Bonchev–Trinajstić information content (AvgIpc) is 2.88. The van der Waals surface area contributed by atoms with Crippen LogP contribution < -0.4 is 5.32 Å². The summed E-state index contributed by atoms with van der Waals surface area (Å²) < 4.78 is 3.13. The van der Waals surface area contributed by atoms with E-state index in [0.717, 1.165) is 19.6 Å². The van der Waals surface area contributed by atoms with Gasteiger partial charge in [0.15, 0.2) is 0 Å². The minimum absolute atomic E-state index is 0.871. The highest BCUT2D eigenvalue weighted by atomic mass is 79.9. The van der Waals surface area contributed by atoms with Crippen LogP contribution in [0.2, 0.25) is 0 Å². The van der Waals surface area contributed by atoms with E-state index in [-0.39, 0.29) is 0 Å². The van der Waals surface area contributed by atoms with Crippen molar-refractivity contribution in [2.24, 2.45) is 0 Å². The van der Waals surface area contributed by atoms with Crippen molar-refractivity contribution in [3.05, 3.63) is 38.8 Å². The van der Waals surface area contributed by atoms with Crippen LogP contribution in [0.3, 0.4) is 0 Å². The molecule has 0 aliphatic carbocycles. The van der Waals surface area contributed by atoms with Gasteiger partial charge in [0.05, 0.1) is 9.98 Å². The van der Waals surface area contributed by atoms with Crippen LogP contribution in [0, 0.1) is 0 Å². The van der Waals surface area contributed by atoms with E-state index >= 15 is 0 Å². The fraction of sp³-hybridized carbons (Fsp3) is 0.364. The molecule has 0 aliphatic heterocycles. The van der Waals surface area contributed by atoms with E-state index in [1.807, 2.05) is 10.9 Å². The molecule has 0 aromatic carbocycles. The predicted molar refractivity (Wildman–Crippen MR) is 70.5 cm³/mol. The second kappa shape index (κ2) is 5.61. The summed E-state index contributed by atoms with van der Waals surface area (Å²) in [5, 5.41) is 7.64. The van der Waals surface area contributed by atoms with Crippen LogP contribution in [0.4, 0.5) is 0 Å². The molecule has 0 fully saturated rings. The molecule has 16 heavy (non-hydrogen) atoms. The van der Waals surface area contributed by atoms with Crippen molar-refractivity contribution in [1.29, 1.82) is 0 Å². The number of hydrogen-bond donors (Lipinski definition) is 1. The fourth-order valence-electron chi connectivity index (χ4n) is 1.45. The van der Waals surface area contributed by atoms with E-state index in [2.05, 4.69) is 51.6 Å². The molecule has 5 heteroatoms. The van der Waals surface area contributed by atoms with Crippen LogP contribution in [-0.2, 0) is 19.6 Å². The summed E-state index contributed by atoms with van der Waals surface area (Å²) in [5.41, 5.74) is 1.23. The van der Waals surface area contributed by atoms with Gasteiger partial charge < -0.3 is 5.32 Å². The first kappa shape index (κ1) is 11.8. The summed E-state index contributed by atoms with van der Waals surface area (Å²) in [7, 11) is 0. The molecule has 0 aliphatic rings. The van der Waals surface area contributed by atoms with Crippen LogP contribution in [-0.4, -0.2) is 9.78 Å². The Morgan fingerprint density at radius 3 is 2.94 bits per heavy atom. The van der Waals surface area contributed by atoms with E-state index in [0.29, 0.717) is 0 Å². The lowest BCUT2D eigenvalue weighted by atomic mass is 10.3. The second-order valence-corrected chi connectivity index (χ2v) is 6.06. The van der Waals surface area contributed by atoms with Crippen molar-refractivity contribution in [3.8, 4) is 0 Å². The van der Waals surface area contributed by atoms with Gasteiger partial charge in [-0.15, -0.1) is 11.3 Å². The van der Waals surface area contributed by atoms with Gasteiger partial charge in [0.1, 0.15) is 0 Å². The molecular weight excluding hydrogens is 286 g/mol. The van der Waals surface area contributed by atoms with Crippen molar-refractivity contribution in [1.82, 2.24) is 15.1 Å². The molecular formula is C11H14BrN3S. The van der Waals surface area contributed by atoms with Gasteiger partial charge in [-0.1, -0.05) is 0 Å². The summed E-state index contributed by atoms with van der Waals surface area (Å²) in [6, 6.07) is 4.22. The van der Waals surface area contributed by atoms with E-state index in [1.54, 1.807) is 11.3 Å². The van der Waals surface area contributed by atoms with Crippen molar-refractivity contribution < 1.29 is 0 Å². The molecule has 0 spiro atoms. The maximum atomic E-state index is 4.24. The molecule has 2 aromatic heterocycles. The largest absolute Gasteiger partial charge is 0.308 e. The second-order valence-electron chi connectivity index (χ2n) is 3.51. The van der Waals surface area contributed by atoms with E-state index in [9.17, 15) is 0 Å². The lowest BCUT2D eigenvalue weighted by Gasteiger charge is -1.99. The molecule has 0 bridgehead atoms. The van der Waals surface area contributed by atoms with Gasteiger partial charge in [-0.05, 0) is 35.0 Å². The lowest BCUT2D eigenvalue weighted by molar-refractivity contribution is 0.656. The summed E-state index contributed by atoms with van der Waals surface area (Å²) in [5.74, 6) is 0. The third-order valence-corrected chi connectivity index (χ3v) is 3.89. The van der Waals surface area contributed by atoms with Gasteiger partial charge in [0.2, 0.25) is 0 Å². The Bertz CT molecular complexity index is 450. The highest BCUT2D eigenvalue weighted by molar-refractivity contribution is 9.11. The summed E-state index contributed by atoms with van der Waals surface area (Å²) in [6.07, 6.45) is 4.00. The lowest BCUT2D eigenvalue weighted by Crippen LogP contribution is -2.11. The molecule has 2 aromatic rings. The van der Waals surface area contributed by atoms with Crippen LogP contribution in [0.15, 0.2) is 28.3 Å². The molecule has 0 saturated carbocycles. The number of nitrogens with one attached hydrogen (secondary N) is 1. The van der Waals surface area contributed by atoms with Crippen molar-refractivity contribution in [3.63, 3.8) is 0 Å². The molecule has 0 saturated heterocycles. The first-order chi connectivity index (χ1) is 7.78. The van der Waals surface area contributed by atoms with Crippen molar-refractivity contribution in [2.45, 2.75) is 26.6 Å². The number of nitrogens with zero attached hydrogens (tertiary/aromatic N) is 2. The smallest absolute Gasteiger partial charge is 0.0701 e. The Morgan fingerprint density at radius 1 is 1.44 bits per heavy atom. The normalized spacial score (nSPS) is 10.9. The molecule has 0 unspecified atom stereocenters. The zero-order chi connectivity index (χ0) is 11.4. The molecule has 1 N–H and O–H groups in total. The minimum Gasteiger partial charge on any atom is -0.308 e. The zero-order valence-electron chi connectivity index (χ0n) is 9.11. The van der Waals surface area contributed by atoms with Crippen molar-refractivity contribution >= 4 is 27.3 Å². The third kappa shape index (κ3) is 3.17. The highest BCUT2D eigenvalue weighted by Crippen LogP contribution is 2.21. The SMILES string of the molecule is CCn1cc(CNCc2ccc(Br)s2)cn1. The number of halogens is 1. The van der Waals surface area contributed by atoms with Crippen LogP contribution in [0.1, 0.15) is 17.4 Å². The molecule has 0 radical (unpaired) electrons. The van der Waals surface area contributed by atoms with Gasteiger partial charge >= 0.3 is 0 Å². The Kier molecular flexibility index (Phi) is 4.15. The number of aryl methyl sites for hydroxylation is 1. The number of rotatable bonds is 5. The Morgan fingerprint density at radius 2 is 2.31 bits per heavy atom. The number of aromatic nitrogens is 2. The highest BCUT2D eigenvalue weighted by Gasteiger charge is 1.99.